The molecule has 16 heavy (non-hydrogen) atoms. The number of halogens is 1. The van der Waals surface area contributed by atoms with Crippen molar-refractivity contribution in [2.45, 2.75) is 88.9 Å². The normalized spacial score (nSPS) is 14.1. The molecule has 0 aliphatic heterocycles. The average Bonchev–Trinajstić information content (AvgIpc) is 2.30. The van der Waals surface area contributed by atoms with Crippen molar-refractivity contribution in [2.24, 2.45) is 5.92 Å². The predicted octanol–water partition coefficient (Wildman–Crippen LogP) is 6.37. The zero-order chi connectivity index (χ0) is 12.4. The number of hydrogen-bond acceptors (Lipinski definition) is 0. The van der Waals surface area contributed by atoms with E-state index in [2.05, 4.69) is 50.3 Å². The fourth-order valence-corrected chi connectivity index (χ4v) is 3.40. The summed E-state index contributed by atoms with van der Waals surface area (Å²) < 4.78 is 0.582. The van der Waals surface area contributed by atoms with Crippen LogP contribution in [0.15, 0.2) is 0 Å². The molecule has 98 valence electrons. The van der Waals surface area contributed by atoms with Gasteiger partial charge in [0.15, 0.2) is 0 Å². The number of alkyl halides is 1. The van der Waals surface area contributed by atoms with E-state index < -0.39 is 0 Å². The van der Waals surface area contributed by atoms with E-state index in [1.807, 2.05) is 0 Å². The van der Waals surface area contributed by atoms with Gasteiger partial charge in [0, 0.05) is 3.42 Å². The molecule has 0 amide bonds. The van der Waals surface area contributed by atoms with E-state index in [1.165, 1.54) is 57.8 Å². The van der Waals surface area contributed by atoms with E-state index in [0.29, 0.717) is 3.42 Å². The minimum Gasteiger partial charge on any atom is -0.0786 e. The van der Waals surface area contributed by atoms with Crippen LogP contribution in [0.3, 0.4) is 0 Å². The standard InChI is InChI=1S/C15H31I/c1-5-8-11-14(4)15(16,12-9-6-2)13-10-7-3/h14H,5-13H2,1-4H3. The second kappa shape index (κ2) is 9.73. The van der Waals surface area contributed by atoms with Gasteiger partial charge in [0.1, 0.15) is 0 Å². The molecule has 0 rings (SSSR count). The third kappa shape index (κ3) is 6.46. The highest BCUT2D eigenvalue weighted by Gasteiger charge is 2.31. The summed E-state index contributed by atoms with van der Waals surface area (Å²) in [6, 6.07) is 0. The Balaban J connectivity index is 4.24. The van der Waals surface area contributed by atoms with E-state index in [4.69, 9.17) is 0 Å². The van der Waals surface area contributed by atoms with Crippen LogP contribution in [0.5, 0.6) is 0 Å². The van der Waals surface area contributed by atoms with Gasteiger partial charge in [0.05, 0.1) is 0 Å². The topological polar surface area (TPSA) is 0 Å². The molecule has 0 bridgehead atoms. The minimum absolute atomic E-state index is 0.582. The molecule has 0 spiro atoms. The smallest absolute Gasteiger partial charge is 0.0248 e. The fraction of sp³-hybridized carbons (Fsp3) is 1.00. The van der Waals surface area contributed by atoms with Gasteiger partial charge in [-0.1, -0.05) is 88.8 Å². The van der Waals surface area contributed by atoms with E-state index in [9.17, 15) is 0 Å². The Morgan fingerprint density at radius 2 is 1.31 bits per heavy atom. The van der Waals surface area contributed by atoms with Crippen molar-refractivity contribution in [3.05, 3.63) is 0 Å². The Labute approximate surface area is 117 Å². The highest BCUT2D eigenvalue weighted by Crippen LogP contribution is 2.40. The van der Waals surface area contributed by atoms with Gasteiger partial charge >= 0.3 is 0 Å². The third-order valence-electron chi connectivity index (χ3n) is 3.77. The summed E-state index contributed by atoms with van der Waals surface area (Å²) in [6.07, 6.45) is 12.5. The van der Waals surface area contributed by atoms with E-state index in [0.717, 1.165) is 5.92 Å². The molecular weight excluding hydrogens is 307 g/mol. The van der Waals surface area contributed by atoms with Crippen molar-refractivity contribution in [2.75, 3.05) is 0 Å². The van der Waals surface area contributed by atoms with Crippen molar-refractivity contribution in [3.63, 3.8) is 0 Å². The highest BCUT2D eigenvalue weighted by atomic mass is 127. The Bertz CT molecular complexity index is 146. The zero-order valence-electron chi connectivity index (χ0n) is 11.8. The van der Waals surface area contributed by atoms with Crippen LogP contribution in [-0.4, -0.2) is 3.42 Å². The van der Waals surface area contributed by atoms with Gasteiger partial charge in [-0.3, -0.25) is 0 Å². The second-order valence-corrected chi connectivity index (χ2v) is 7.43. The van der Waals surface area contributed by atoms with Crippen LogP contribution >= 0.6 is 22.6 Å². The molecule has 0 fully saturated rings. The van der Waals surface area contributed by atoms with E-state index >= 15 is 0 Å². The molecular formula is C15H31I. The van der Waals surface area contributed by atoms with Gasteiger partial charge in [-0.15, -0.1) is 0 Å². The Hall–Kier alpha value is 0.730. The van der Waals surface area contributed by atoms with Crippen LogP contribution in [-0.2, 0) is 0 Å². The van der Waals surface area contributed by atoms with Gasteiger partial charge in [0.2, 0.25) is 0 Å². The van der Waals surface area contributed by atoms with E-state index in [1.54, 1.807) is 0 Å². The van der Waals surface area contributed by atoms with Crippen LogP contribution in [0.4, 0.5) is 0 Å². The Morgan fingerprint density at radius 3 is 1.69 bits per heavy atom. The van der Waals surface area contributed by atoms with Crippen molar-refractivity contribution in [1.29, 1.82) is 0 Å². The fourth-order valence-electron chi connectivity index (χ4n) is 2.33. The lowest BCUT2D eigenvalue weighted by Crippen LogP contribution is -2.29. The van der Waals surface area contributed by atoms with E-state index in [-0.39, 0.29) is 0 Å². The summed E-state index contributed by atoms with van der Waals surface area (Å²) in [5.74, 6) is 0.895. The molecule has 0 heterocycles. The maximum absolute atomic E-state index is 2.79. The number of hydrogen-bond donors (Lipinski definition) is 0. The lowest BCUT2D eigenvalue weighted by Gasteiger charge is -2.34. The van der Waals surface area contributed by atoms with Crippen LogP contribution in [0, 0.1) is 5.92 Å². The Morgan fingerprint density at radius 1 is 0.875 bits per heavy atom. The zero-order valence-corrected chi connectivity index (χ0v) is 14.0. The van der Waals surface area contributed by atoms with Crippen LogP contribution in [0.1, 0.15) is 85.5 Å². The first-order valence-corrected chi connectivity index (χ1v) is 8.37. The van der Waals surface area contributed by atoms with Crippen LogP contribution in [0.25, 0.3) is 0 Å². The SMILES string of the molecule is CCCCC(C)C(I)(CCCC)CCCC. The van der Waals surface area contributed by atoms with Crippen molar-refractivity contribution in [3.8, 4) is 0 Å². The van der Waals surface area contributed by atoms with Crippen molar-refractivity contribution >= 4 is 22.6 Å². The molecule has 1 heteroatoms. The molecule has 0 radical (unpaired) electrons. The van der Waals surface area contributed by atoms with Crippen LogP contribution < -0.4 is 0 Å². The first-order chi connectivity index (χ1) is 7.60. The van der Waals surface area contributed by atoms with Crippen molar-refractivity contribution < 1.29 is 0 Å². The maximum atomic E-state index is 2.79. The first kappa shape index (κ1) is 16.7. The molecule has 0 aliphatic rings. The Kier molecular flexibility index (Phi) is 10.2. The molecule has 0 saturated heterocycles. The highest BCUT2D eigenvalue weighted by molar-refractivity contribution is 14.1. The summed E-state index contributed by atoms with van der Waals surface area (Å²) in [5.41, 5.74) is 0. The molecule has 0 aliphatic carbocycles. The van der Waals surface area contributed by atoms with Crippen LogP contribution in [0.2, 0.25) is 0 Å². The summed E-state index contributed by atoms with van der Waals surface area (Å²) in [6.45, 7) is 9.41. The molecule has 0 aromatic heterocycles. The number of unbranched alkanes of at least 4 members (excludes halogenated alkanes) is 3. The van der Waals surface area contributed by atoms with Crippen molar-refractivity contribution in [1.82, 2.24) is 0 Å². The molecule has 0 nitrogen and oxygen atoms in total. The largest absolute Gasteiger partial charge is 0.0786 e. The lowest BCUT2D eigenvalue weighted by molar-refractivity contribution is 0.338. The van der Waals surface area contributed by atoms with Gasteiger partial charge in [-0.2, -0.15) is 0 Å². The summed E-state index contributed by atoms with van der Waals surface area (Å²) in [5, 5.41) is 0. The minimum atomic E-state index is 0.582. The molecule has 1 atom stereocenters. The second-order valence-electron chi connectivity index (χ2n) is 5.29. The predicted molar refractivity (Wildman–Crippen MR) is 84.5 cm³/mol. The first-order valence-electron chi connectivity index (χ1n) is 7.29. The molecule has 0 saturated carbocycles. The molecule has 1 unspecified atom stereocenters. The summed E-state index contributed by atoms with van der Waals surface area (Å²) >= 11 is 2.79. The average molecular weight is 338 g/mol. The quantitative estimate of drug-likeness (QED) is 0.321. The molecule has 0 aromatic carbocycles. The lowest BCUT2D eigenvalue weighted by atomic mass is 9.82. The van der Waals surface area contributed by atoms with Gasteiger partial charge in [0.25, 0.3) is 0 Å². The van der Waals surface area contributed by atoms with Gasteiger partial charge < -0.3 is 0 Å². The third-order valence-corrected chi connectivity index (χ3v) is 5.91. The number of rotatable bonds is 10. The maximum Gasteiger partial charge on any atom is 0.0248 e. The monoisotopic (exact) mass is 338 g/mol. The summed E-state index contributed by atoms with van der Waals surface area (Å²) in [4.78, 5) is 0. The molecule has 0 N–H and O–H groups in total. The van der Waals surface area contributed by atoms with Gasteiger partial charge in [-0.25, -0.2) is 0 Å². The molecule has 0 aromatic rings. The van der Waals surface area contributed by atoms with Gasteiger partial charge in [-0.05, 0) is 25.2 Å². The summed E-state index contributed by atoms with van der Waals surface area (Å²) in [7, 11) is 0.